The number of nitrogens with zero attached hydrogens (tertiary/aromatic N) is 2. The Bertz CT molecular complexity index is 461. The van der Waals surface area contributed by atoms with Gasteiger partial charge in [0.2, 0.25) is 0 Å². The molecule has 0 spiro atoms. The van der Waals surface area contributed by atoms with E-state index in [1.807, 2.05) is 13.8 Å². The van der Waals surface area contributed by atoms with Crippen molar-refractivity contribution < 1.29 is 9.85 Å². The molecule has 0 fully saturated rings. The van der Waals surface area contributed by atoms with Gasteiger partial charge >= 0.3 is 5.70 Å². The normalized spacial score (nSPS) is 12.9. The van der Waals surface area contributed by atoms with Crippen molar-refractivity contribution >= 4 is 0 Å². The third-order valence-electron chi connectivity index (χ3n) is 3.01. The Balaban J connectivity index is 6.16. The Kier molecular flexibility index (Phi) is 7.96. The second-order valence-corrected chi connectivity index (χ2v) is 4.67. The predicted octanol–water partition coefficient (Wildman–Crippen LogP) is 3.40. The van der Waals surface area contributed by atoms with E-state index in [9.17, 15) is 20.2 Å². The largest absolute Gasteiger partial charge is 0.371 e. The maximum Gasteiger partial charge on any atom is 0.301 e. The minimum atomic E-state index is -0.625. The van der Waals surface area contributed by atoms with Crippen molar-refractivity contribution in [2.75, 3.05) is 0 Å². The smallest absolute Gasteiger partial charge is 0.301 e. The Hall–Kier alpha value is -2.18. The number of nitro groups is 2. The van der Waals surface area contributed by atoms with E-state index < -0.39 is 9.85 Å². The van der Waals surface area contributed by atoms with Crippen molar-refractivity contribution in [3.05, 3.63) is 55.5 Å². The molecule has 0 amide bonds. The molecule has 7 heteroatoms. The number of rotatable bonds is 9. The van der Waals surface area contributed by atoms with Gasteiger partial charge in [-0.3, -0.25) is 20.2 Å². The third-order valence-corrected chi connectivity index (χ3v) is 3.01. The molecule has 0 aromatic rings. The van der Waals surface area contributed by atoms with Crippen LogP contribution in [0.4, 0.5) is 0 Å². The van der Waals surface area contributed by atoms with Crippen LogP contribution in [0.25, 0.3) is 0 Å². The molecular formula is C14H23N3O4. The summed E-state index contributed by atoms with van der Waals surface area (Å²) in [5, 5.41) is 25.5. The maximum atomic E-state index is 11.3. The molecule has 0 aromatic heterocycles. The zero-order chi connectivity index (χ0) is 16.6. The summed E-state index contributed by atoms with van der Waals surface area (Å²) in [5.41, 5.74) is -0.497. The highest BCUT2D eigenvalue weighted by molar-refractivity contribution is 5.35. The van der Waals surface area contributed by atoms with Crippen LogP contribution in [0.5, 0.6) is 0 Å². The molecule has 1 N–H and O–H groups in total. The molecule has 0 aliphatic carbocycles. The molecule has 0 rings (SSSR count). The van der Waals surface area contributed by atoms with Gasteiger partial charge in [-0.1, -0.05) is 27.4 Å². The van der Waals surface area contributed by atoms with Crippen LogP contribution in [0.3, 0.4) is 0 Å². The van der Waals surface area contributed by atoms with Crippen molar-refractivity contribution in [1.29, 1.82) is 0 Å². The topological polar surface area (TPSA) is 98.3 Å². The molecular weight excluding hydrogens is 274 g/mol. The molecule has 0 saturated carbocycles. The lowest BCUT2D eigenvalue weighted by Crippen LogP contribution is -2.32. The average molecular weight is 297 g/mol. The Labute approximate surface area is 124 Å². The molecule has 0 unspecified atom stereocenters. The van der Waals surface area contributed by atoms with Crippen LogP contribution < -0.4 is 5.32 Å². The van der Waals surface area contributed by atoms with E-state index in [2.05, 4.69) is 11.9 Å². The second kappa shape index (κ2) is 8.89. The van der Waals surface area contributed by atoms with Crippen molar-refractivity contribution in [2.45, 2.75) is 53.0 Å². The summed E-state index contributed by atoms with van der Waals surface area (Å²) in [4.78, 5) is 21.3. The Morgan fingerprint density at radius 1 is 1.19 bits per heavy atom. The molecule has 118 valence electrons. The van der Waals surface area contributed by atoms with Crippen molar-refractivity contribution in [3.8, 4) is 0 Å². The lowest BCUT2D eigenvalue weighted by Gasteiger charge is -2.17. The number of allylic oxidation sites excluding steroid dienone is 2. The molecule has 7 nitrogen and oxygen atoms in total. The van der Waals surface area contributed by atoms with Gasteiger partial charge in [0, 0.05) is 11.6 Å². The maximum absolute atomic E-state index is 11.3. The van der Waals surface area contributed by atoms with Crippen LogP contribution >= 0.6 is 0 Å². The van der Waals surface area contributed by atoms with E-state index >= 15 is 0 Å². The van der Waals surface area contributed by atoms with Gasteiger partial charge in [0.15, 0.2) is 5.70 Å². The fourth-order valence-corrected chi connectivity index (χ4v) is 1.88. The molecule has 0 aromatic carbocycles. The van der Waals surface area contributed by atoms with E-state index in [0.717, 1.165) is 0 Å². The van der Waals surface area contributed by atoms with Gasteiger partial charge in [-0.25, -0.2) is 0 Å². The summed E-state index contributed by atoms with van der Waals surface area (Å²) in [6.45, 7) is 10.6. The average Bonchev–Trinajstić information content (AvgIpc) is 2.39. The van der Waals surface area contributed by atoms with Crippen LogP contribution in [0.2, 0.25) is 0 Å². The van der Waals surface area contributed by atoms with E-state index in [-0.39, 0.29) is 28.7 Å². The number of hydrogen-bond donors (Lipinski definition) is 1. The molecule has 0 radical (unpaired) electrons. The third kappa shape index (κ3) is 5.37. The van der Waals surface area contributed by atoms with Crippen LogP contribution in [-0.4, -0.2) is 15.9 Å². The Morgan fingerprint density at radius 3 is 2.00 bits per heavy atom. The first-order chi connectivity index (χ1) is 9.79. The van der Waals surface area contributed by atoms with Gasteiger partial charge in [0.1, 0.15) is 0 Å². The molecule has 0 saturated heterocycles. The highest BCUT2D eigenvalue weighted by Gasteiger charge is 2.30. The predicted molar refractivity (Wildman–Crippen MR) is 81.7 cm³/mol. The van der Waals surface area contributed by atoms with Crippen molar-refractivity contribution in [2.24, 2.45) is 0 Å². The monoisotopic (exact) mass is 297 g/mol. The molecule has 0 aliphatic rings. The molecule has 0 heterocycles. The number of nitrogens with one attached hydrogen (secondary N) is 1. The fraction of sp³-hybridized carbons (Fsp3) is 0.571. The summed E-state index contributed by atoms with van der Waals surface area (Å²) in [6.07, 6.45) is 3.19. The van der Waals surface area contributed by atoms with Gasteiger partial charge in [0.25, 0.3) is 5.70 Å². The fourth-order valence-electron chi connectivity index (χ4n) is 1.88. The van der Waals surface area contributed by atoms with Gasteiger partial charge in [-0.05, 0) is 32.3 Å². The summed E-state index contributed by atoms with van der Waals surface area (Å²) in [7, 11) is 0. The highest BCUT2D eigenvalue weighted by Crippen LogP contribution is 2.21. The first-order valence-electron chi connectivity index (χ1n) is 6.95. The minimum Gasteiger partial charge on any atom is -0.371 e. The summed E-state index contributed by atoms with van der Waals surface area (Å²) in [6, 6.07) is -0.0745. The van der Waals surface area contributed by atoms with Crippen LogP contribution in [-0.2, 0) is 0 Å². The zero-order valence-electron chi connectivity index (χ0n) is 13.0. The molecule has 0 bridgehead atoms. The van der Waals surface area contributed by atoms with Crippen molar-refractivity contribution in [1.82, 2.24) is 5.32 Å². The van der Waals surface area contributed by atoms with Gasteiger partial charge in [-0.2, -0.15) is 0 Å². The second-order valence-electron chi connectivity index (χ2n) is 4.67. The van der Waals surface area contributed by atoms with E-state index in [1.165, 1.54) is 13.0 Å². The van der Waals surface area contributed by atoms with E-state index in [0.29, 0.717) is 19.3 Å². The number of hydrogen-bond acceptors (Lipinski definition) is 5. The van der Waals surface area contributed by atoms with Crippen LogP contribution in [0.1, 0.15) is 47.0 Å². The van der Waals surface area contributed by atoms with E-state index in [1.54, 1.807) is 6.92 Å². The summed E-state index contributed by atoms with van der Waals surface area (Å²) in [5.74, 6) is 0. The molecule has 0 atom stereocenters. The highest BCUT2D eigenvalue weighted by atomic mass is 16.6. The quantitative estimate of drug-likeness (QED) is 0.399. The standard InChI is InChI=1S/C14H23N3O4/c1-6-9-12(16(18)19)13(15-11(7-2)8-3)14(10(4)5)17(20)21/h9,11,15H,4,6-8H2,1-3,5H3/b12-9+,14-13-. The van der Waals surface area contributed by atoms with E-state index in [4.69, 9.17) is 0 Å². The van der Waals surface area contributed by atoms with Gasteiger partial charge in [0.05, 0.1) is 9.85 Å². The Morgan fingerprint density at radius 2 is 1.71 bits per heavy atom. The summed E-state index contributed by atoms with van der Waals surface area (Å²) < 4.78 is 0. The minimum absolute atomic E-state index is 0.0620. The van der Waals surface area contributed by atoms with Crippen LogP contribution in [0, 0.1) is 20.2 Å². The first-order valence-corrected chi connectivity index (χ1v) is 6.95. The van der Waals surface area contributed by atoms with Crippen molar-refractivity contribution in [3.63, 3.8) is 0 Å². The van der Waals surface area contributed by atoms with Gasteiger partial charge in [-0.15, -0.1) is 0 Å². The van der Waals surface area contributed by atoms with Gasteiger partial charge < -0.3 is 5.32 Å². The molecule has 0 aliphatic heterocycles. The van der Waals surface area contributed by atoms with Crippen LogP contribution in [0.15, 0.2) is 35.3 Å². The zero-order valence-corrected chi connectivity index (χ0v) is 13.0. The lowest BCUT2D eigenvalue weighted by atomic mass is 10.1. The lowest BCUT2D eigenvalue weighted by molar-refractivity contribution is -0.435. The molecule has 21 heavy (non-hydrogen) atoms. The summed E-state index contributed by atoms with van der Waals surface area (Å²) >= 11 is 0. The SMILES string of the molecule is C=C(C)/C(=C(NC(CC)CC)\C(=C/CC)[N+](=O)[O-])[N+](=O)[O-]. The first kappa shape index (κ1) is 18.8.